The van der Waals surface area contributed by atoms with Gasteiger partial charge in [0.2, 0.25) is 0 Å². The third kappa shape index (κ3) is 15.7. The Kier molecular flexibility index (Phi) is 26.5. The van der Waals surface area contributed by atoms with Gasteiger partial charge in [-0.25, -0.2) is 0 Å². The second-order valence-corrected chi connectivity index (χ2v) is 1.52. The minimum atomic E-state index is 0. The van der Waals surface area contributed by atoms with Crippen LogP contribution in [0.2, 0.25) is 0 Å². The van der Waals surface area contributed by atoms with Gasteiger partial charge in [0.15, 0.2) is 0 Å². The quantitative estimate of drug-likeness (QED) is 0.551. The minimum absolute atomic E-state index is 0. The van der Waals surface area contributed by atoms with Crippen LogP contribution in [0, 0.1) is 22.7 Å². The van der Waals surface area contributed by atoms with E-state index in [9.17, 15) is 0 Å². The van der Waals surface area contributed by atoms with Gasteiger partial charge in [0.1, 0.15) is 0 Å². The summed E-state index contributed by atoms with van der Waals surface area (Å²) < 4.78 is 0. The molecule has 0 saturated carbocycles. The van der Waals surface area contributed by atoms with Crippen LogP contribution in [0.4, 0.5) is 0 Å². The summed E-state index contributed by atoms with van der Waals surface area (Å²) in [6.45, 7) is 0. The van der Waals surface area contributed by atoms with E-state index in [1.165, 1.54) is 0 Å². The predicted molar refractivity (Wildman–Crippen MR) is 29.7 cm³/mol. The molecule has 0 aromatic heterocycles. The minimum Gasteiger partial charge on any atom is -0.198 e. The van der Waals surface area contributed by atoms with Crippen LogP contribution in [0.15, 0.2) is 0 Å². The van der Waals surface area contributed by atoms with Gasteiger partial charge in [-0.15, -0.1) is 0 Å². The summed E-state index contributed by atoms with van der Waals surface area (Å²) >= 11 is 0. The van der Waals surface area contributed by atoms with Crippen molar-refractivity contribution in [3.8, 4) is 12.1 Å². The molecule has 2 radical (unpaired) electrons. The molecule has 0 spiro atoms. The zero-order chi connectivity index (χ0) is 6.24. The molecule has 0 saturated heterocycles. The van der Waals surface area contributed by atoms with E-state index < -0.39 is 0 Å². The molecule has 0 bridgehead atoms. The predicted octanol–water partition coefficient (Wildman–Crippen LogP) is 1.59. The van der Waals surface area contributed by atoms with Crippen molar-refractivity contribution >= 4 is 0 Å². The van der Waals surface area contributed by atoms with Crippen LogP contribution in [-0.4, -0.2) is 0 Å². The van der Waals surface area contributed by atoms with Crippen LogP contribution in [0.5, 0.6) is 0 Å². The van der Waals surface area contributed by atoms with Crippen LogP contribution in [0.25, 0.3) is 0 Å². The summed E-state index contributed by atoms with van der Waals surface area (Å²) in [6, 6.07) is 4.03. The molecule has 0 N–H and O–H groups in total. The molecule has 0 amide bonds. The Bertz CT molecular complexity index is 107. The Morgan fingerprint density at radius 2 is 1.10 bits per heavy atom. The van der Waals surface area contributed by atoms with Crippen molar-refractivity contribution in [1.82, 2.24) is 0 Å². The van der Waals surface area contributed by atoms with Gasteiger partial charge in [-0.05, 0) is 12.8 Å². The number of rotatable bonds is 3. The Balaban J connectivity index is -0.000000245. The summed E-state index contributed by atoms with van der Waals surface area (Å²) in [7, 11) is 0. The molecule has 0 heterocycles. The molecule has 0 rings (SSSR count). The second-order valence-electron chi connectivity index (χ2n) is 1.52. The maximum Gasteiger partial charge on any atom is 0.0621 e. The summed E-state index contributed by atoms with van der Waals surface area (Å²) in [5.74, 6) is 0. The maximum atomic E-state index is 8.03. The van der Waals surface area contributed by atoms with Crippen molar-refractivity contribution in [2.24, 2.45) is 0 Å². The Morgan fingerprint density at radius 3 is 1.30 bits per heavy atom. The number of hydrogen-bond donors (Lipinski definition) is 0. The first-order valence-corrected chi connectivity index (χ1v) is 2.65. The van der Waals surface area contributed by atoms with Gasteiger partial charge in [-0.1, -0.05) is 0 Å². The van der Waals surface area contributed by atoms with Gasteiger partial charge in [0.25, 0.3) is 0 Å². The molecular formula is C6H8Cu2N2. The van der Waals surface area contributed by atoms with E-state index >= 15 is 0 Å². The standard InChI is InChI=1S/C6H8N2.2Cu/c7-5-3-1-2-4-6-8;;/h1-4H2;;. The summed E-state index contributed by atoms with van der Waals surface area (Å²) in [5, 5.41) is 16.1. The van der Waals surface area contributed by atoms with Gasteiger partial charge in [-0.3, -0.25) is 0 Å². The molecule has 4 heteroatoms. The maximum absolute atomic E-state index is 8.03. The molecular weight excluding hydrogens is 227 g/mol. The van der Waals surface area contributed by atoms with Crippen LogP contribution in [0.3, 0.4) is 0 Å². The molecule has 0 aliphatic heterocycles. The Morgan fingerprint density at radius 1 is 0.800 bits per heavy atom. The fraction of sp³-hybridized carbons (Fsp3) is 0.667. The number of hydrogen-bond acceptors (Lipinski definition) is 2. The van der Waals surface area contributed by atoms with E-state index in [1.54, 1.807) is 0 Å². The van der Waals surface area contributed by atoms with Gasteiger partial charge in [0, 0.05) is 47.0 Å². The molecule has 0 atom stereocenters. The van der Waals surface area contributed by atoms with E-state index in [0.717, 1.165) is 12.8 Å². The molecule has 0 aromatic rings. The zero-order valence-corrected chi connectivity index (χ0v) is 7.21. The van der Waals surface area contributed by atoms with E-state index in [0.29, 0.717) is 12.8 Å². The third-order valence-corrected chi connectivity index (χ3v) is 0.827. The fourth-order valence-electron chi connectivity index (χ4n) is 0.408. The molecule has 2 nitrogen and oxygen atoms in total. The molecule has 0 aromatic carbocycles. The summed E-state index contributed by atoms with van der Waals surface area (Å²) in [5.41, 5.74) is 0. The van der Waals surface area contributed by atoms with Gasteiger partial charge in [-0.2, -0.15) is 10.5 Å². The summed E-state index contributed by atoms with van der Waals surface area (Å²) in [6.07, 6.45) is 2.90. The Hall–Kier alpha value is 0.0190. The number of nitrogens with zero attached hydrogens (tertiary/aromatic N) is 2. The third-order valence-electron chi connectivity index (χ3n) is 0.827. The fourth-order valence-corrected chi connectivity index (χ4v) is 0.408. The van der Waals surface area contributed by atoms with Gasteiger partial charge >= 0.3 is 0 Å². The summed E-state index contributed by atoms with van der Waals surface area (Å²) in [4.78, 5) is 0. The molecule has 0 aliphatic rings. The van der Waals surface area contributed by atoms with Crippen LogP contribution < -0.4 is 0 Å². The van der Waals surface area contributed by atoms with Crippen molar-refractivity contribution in [3.05, 3.63) is 0 Å². The first-order valence-electron chi connectivity index (χ1n) is 2.65. The first-order chi connectivity index (χ1) is 3.91. The SMILES string of the molecule is N#CCCCCC#N.[Cu].[Cu]. The smallest absolute Gasteiger partial charge is 0.0621 e. The van der Waals surface area contributed by atoms with E-state index in [-0.39, 0.29) is 34.1 Å². The molecule has 0 aliphatic carbocycles. The van der Waals surface area contributed by atoms with Crippen molar-refractivity contribution in [1.29, 1.82) is 10.5 Å². The van der Waals surface area contributed by atoms with Crippen molar-refractivity contribution in [2.45, 2.75) is 25.7 Å². The first kappa shape index (κ1) is 16.5. The molecule has 0 unspecified atom stereocenters. The van der Waals surface area contributed by atoms with E-state index in [2.05, 4.69) is 0 Å². The monoisotopic (exact) mass is 234 g/mol. The average molecular weight is 235 g/mol. The van der Waals surface area contributed by atoms with Crippen LogP contribution in [-0.2, 0) is 34.1 Å². The largest absolute Gasteiger partial charge is 0.198 e. The van der Waals surface area contributed by atoms with Crippen molar-refractivity contribution < 1.29 is 34.1 Å². The van der Waals surface area contributed by atoms with E-state index in [1.807, 2.05) is 12.1 Å². The van der Waals surface area contributed by atoms with Crippen molar-refractivity contribution in [2.75, 3.05) is 0 Å². The van der Waals surface area contributed by atoms with Crippen molar-refractivity contribution in [3.63, 3.8) is 0 Å². The van der Waals surface area contributed by atoms with Crippen LogP contribution >= 0.6 is 0 Å². The van der Waals surface area contributed by atoms with E-state index in [4.69, 9.17) is 10.5 Å². The molecule has 0 fully saturated rings. The second kappa shape index (κ2) is 16.0. The topological polar surface area (TPSA) is 47.6 Å². The van der Waals surface area contributed by atoms with Gasteiger partial charge in [0.05, 0.1) is 12.1 Å². The normalized spacial score (nSPS) is 5.80. The molecule has 64 valence electrons. The van der Waals surface area contributed by atoms with Crippen LogP contribution in [0.1, 0.15) is 25.7 Å². The zero-order valence-electron chi connectivity index (χ0n) is 5.33. The average Bonchev–Trinajstić information content (AvgIpc) is 1.81. The number of nitriles is 2. The number of unbranched alkanes of at least 4 members (excludes halogenated alkanes) is 3. The molecule has 10 heavy (non-hydrogen) atoms. The Labute approximate surface area is 82.5 Å². The van der Waals surface area contributed by atoms with Gasteiger partial charge < -0.3 is 0 Å².